The van der Waals surface area contributed by atoms with E-state index in [9.17, 15) is 4.79 Å². The van der Waals surface area contributed by atoms with Crippen molar-refractivity contribution in [3.05, 3.63) is 63.5 Å². The molecule has 0 aliphatic carbocycles. The molecule has 0 atom stereocenters. The molecule has 4 rings (SSSR count). The fraction of sp³-hybridized carbons (Fsp3) is 0.261. The van der Waals surface area contributed by atoms with Crippen molar-refractivity contribution in [3.63, 3.8) is 0 Å². The van der Waals surface area contributed by atoms with Crippen LogP contribution in [0.4, 0.5) is 5.95 Å². The van der Waals surface area contributed by atoms with Crippen molar-refractivity contribution >= 4 is 28.2 Å². The monoisotopic (exact) mass is 420 g/mol. The summed E-state index contributed by atoms with van der Waals surface area (Å²) in [6, 6.07) is 10.4. The fourth-order valence-corrected chi connectivity index (χ4v) is 4.29. The van der Waals surface area contributed by atoms with Gasteiger partial charge in [0.15, 0.2) is 6.61 Å². The Labute approximate surface area is 179 Å². The molecule has 154 valence electrons. The van der Waals surface area contributed by atoms with Gasteiger partial charge in [-0.1, -0.05) is 35.9 Å². The van der Waals surface area contributed by atoms with Crippen LogP contribution in [0.3, 0.4) is 0 Å². The maximum Gasteiger partial charge on any atom is 0.264 e. The van der Waals surface area contributed by atoms with Crippen molar-refractivity contribution in [1.29, 1.82) is 0 Å². The van der Waals surface area contributed by atoms with E-state index < -0.39 is 0 Å². The number of carbonyl (C=O) groups excluding carboxylic acids is 1. The number of nitrogens with one attached hydrogen (secondary N) is 1. The molecular weight excluding hydrogens is 396 g/mol. The maximum atomic E-state index is 12.4. The van der Waals surface area contributed by atoms with Gasteiger partial charge in [-0.3, -0.25) is 10.1 Å². The second kappa shape index (κ2) is 7.91. The van der Waals surface area contributed by atoms with Crippen LogP contribution in [0.5, 0.6) is 5.75 Å². The summed E-state index contributed by atoms with van der Waals surface area (Å²) in [4.78, 5) is 17.6. The molecule has 6 nitrogen and oxygen atoms in total. The number of aromatic nitrogens is 3. The van der Waals surface area contributed by atoms with Gasteiger partial charge in [0.1, 0.15) is 5.75 Å². The van der Waals surface area contributed by atoms with Crippen LogP contribution in [0, 0.1) is 34.6 Å². The number of thiazole rings is 1. The highest BCUT2D eigenvalue weighted by atomic mass is 32.1. The first-order valence-electron chi connectivity index (χ1n) is 9.75. The van der Waals surface area contributed by atoms with Crippen LogP contribution in [0.1, 0.15) is 27.8 Å². The molecule has 0 aliphatic rings. The first-order valence-corrected chi connectivity index (χ1v) is 10.6. The summed E-state index contributed by atoms with van der Waals surface area (Å²) < 4.78 is 7.56. The largest absolute Gasteiger partial charge is 0.483 e. The lowest BCUT2D eigenvalue weighted by Gasteiger charge is -2.13. The maximum absolute atomic E-state index is 12.4. The van der Waals surface area contributed by atoms with Crippen LogP contribution in [0.25, 0.3) is 16.2 Å². The van der Waals surface area contributed by atoms with Crippen LogP contribution in [0.2, 0.25) is 0 Å². The topological polar surface area (TPSA) is 68.5 Å². The van der Waals surface area contributed by atoms with E-state index in [1.165, 1.54) is 22.5 Å². The minimum absolute atomic E-state index is 0.0953. The summed E-state index contributed by atoms with van der Waals surface area (Å²) in [5, 5.41) is 9.26. The summed E-state index contributed by atoms with van der Waals surface area (Å²) in [5.74, 6) is 0.738. The van der Waals surface area contributed by atoms with Crippen molar-refractivity contribution in [1.82, 2.24) is 14.6 Å². The van der Waals surface area contributed by atoms with E-state index in [1.807, 2.05) is 38.3 Å². The highest BCUT2D eigenvalue weighted by Crippen LogP contribution is 2.29. The van der Waals surface area contributed by atoms with E-state index in [0.29, 0.717) is 0 Å². The van der Waals surface area contributed by atoms with Gasteiger partial charge < -0.3 is 4.74 Å². The molecule has 4 aromatic rings. The summed E-state index contributed by atoms with van der Waals surface area (Å²) >= 11 is 1.49. The van der Waals surface area contributed by atoms with Crippen LogP contribution >= 0.6 is 11.3 Å². The van der Waals surface area contributed by atoms with Crippen molar-refractivity contribution in [2.75, 3.05) is 11.9 Å². The van der Waals surface area contributed by atoms with Crippen molar-refractivity contribution in [3.8, 4) is 17.0 Å². The number of aryl methyl sites for hydroxylation is 4. The second-order valence-electron chi connectivity index (χ2n) is 7.56. The van der Waals surface area contributed by atoms with Crippen molar-refractivity contribution in [2.45, 2.75) is 34.6 Å². The van der Waals surface area contributed by atoms with Gasteiger partial charge in [0.25, 0.3) is 11.9 Å². The number of ether oxygens (including phenoxy) is 1. The van der Waals surface area contributed by atoms with Crippen LogP contribution < -0.4 is 10.1 Å². The van der Waals surface area contributed by atoms with E-state index in [1.54, 1.807) is 4.52 Å². The smallest absolute Gasteiger partial charge is 0.264 e. The second-order valence-corrected chi connectivity index (χ2v) is 8.40. The Morgan fingerprint density at radius 3 is 2.60 bits per heavy atom. The lowest BCUT2D eigenvalue weighted by atomic mass is 10.0. The molecule has 2 heterocycles. The van der Waals surface area contributed by atoms with Gasteiger partial charge in [0.05, 0.1) is 5.69 Å². The quantitative estimate of drug-likeness (QED) is 0.492. The Hall–Kier alpha value is -3.19. The molecule has 7 heteroatoms. The Bertz CT molecular complexity index is 1260. The Balaban J connectivity index is 1.50. The van der Waals surface area contributed by atoms with Gasteiger partial charge in [-0.2, -0.15) is 4.98 Å². The fourth-order valence-electron chi connectivity index (χ4n) is 3.47. The number of carbonyl (C=O) groups is 1. The van der Waals surface area contributed by atoms with Crippen LogP contribution in [0.15, 0.2) is 35.7 Å². The summed E-state index contributed by atoms with van der Waals surface area (Å²) in [6.45, 7) is 10.1. The van der Waals surface area contributed by atoms with Crippen LogP contribution in [-0.4, -0.2) is 27.1 Å². The third-order valence-corrected chi connectivity index (χ3v) is 6.03. The Morgan fingerprint density at radius 1 is 1.07 bits per heavy atom. The molecule has 0 saturated carbocycles. The van der Waals surface area contributed by atoms with Crippen LogP contribution in [-0.2, 0) is 4.79 Å². The SMILES string of the molecule is Cc1ccc(-c2csc3nc(NC(=O)COc4c(C)ccc(C)c4C)nn23)c(C)c1. The first-order chi connectivity index (χ1) is 14.3. The lowest BCUT2D eigenvalue weighted by molar-refractivity contribution is -0.118. The minimum atomic E-state index is -0.290. The van der Waals surface area contributed by atoms with E-state index in [4.69, 9.17) is 4.74 Å². The van der Waals surface area contributed by atoms with Gasteiger partial charge >= 0.3 is 0 Å². The third-order valence-electron chi connectivity index (χ3n) is 5.21. The normalized spacial score (nSPS) is 11.1. The number of amides is 1. The average molecular weight is 421 g/mol. The number of benzene rings is 2. The molecule has 0 aliphatic heterocycles. The highest BCUT2D eigenvalue weighted by molar-refractivity contribution is 7.15. The van der Waals surface area contributed by atoms with Gasteiger partial charge in [-0.05, 0) is 56.9 Å². The molecule has 0 fully saturated rings. The molecule has 30 heavy (non-hydrogen) atoms. The zero-order valence-electron chi connectivity index (χ0n) is 17.7. The molecule has 1 amide bonds. The minimum Gasteiger partial charge on any atom is -0.483 e. The van der Waals surface area contributed by atoms with Crippen molar-refractivity contribution in [2.24, 2.45) is 0 Å². The number of hydrogen-bond donors (Lipinski definition) is 1. The summed E-state index contributed by atoms with van der Waals surface area (Å²) in [7, 11) is 0. The predicted octanol–water partition coefficient (Wildman–Crippen LogP) is 5.02. The number of anilines is 1. The Morgan fingerprint density at radius 2 is 1.83 bits per heavy atom. The van der Waals surface area contributed by atoms with E-state index in [-0.39, 0.29) is 18.5 Å². The number of hydrogen-bond acceptors (Lipinski definition) is 5. The zero-order chi connectivity index (χ0) is 21.4. The molecule has 0 bridgehead atoms. The Kier molecular flexibility index (Phi) is 5.30. The lowest BCUT2D eigenvalue weighted by Crippen LogP contribution is -2.21. The van der Waals surface area contributed by atoms with E-state index in [0.717, 1.165) is 38.7 Å². The molecule has 0 spiro atoms. The predicted molar refractivity (Wildman–Crippen MR) is 121 cm³/mol. The molecular formula is C23H24N4O2S. The van der Waals surface area contributed by atoms with Crippen molar-refractivity contribution < 1.29 is 9.53 Å². The van der Waals surface area contributed by atoms with Gasteiger partial charge in [0, 0.05) is 10.9 Å². The standard InChI is InChI=1S/C23H24N4O2S/c1-13-6-9-18(16(4)10-13)19-12-30-23-25-22(26-27(19)23)24-20(28)11-29-21-15(3)8-7-14(2)17(21)5/h6-10,12H,11H2,1-5H3,(H,24,26,28). The zero-order valence-corrected chi connectivity index (χ0v) is 18.6. The first kappa shape index (κ1) is 20.1. The number of fused-ring (bicyclic) bond motifs is 1. The number of rotatable bonds is 5. The van der Waals surface area contributed by atoms with Gasteiger partial charge in [-0.15, -0.1) is 16.4 Å². The third kappa shape index (κ3) is 3.80. The summed E-state index contributed by atoms with van der Waals surface area (Å²) in [6.07, 6.45) is 0. The highest BCUT2D eigenvalue weighted by Gasteiger charge is 2.15. The molecule has 2 aromatic carbocycles. The average Bonchev–Trinajstić information content (AvgIpc) is 3.25. The molecule has 1 N–H and O–H groups in total. The molecule has 0 saturated heterocycles. The molecule has 2 aromatic heterocycles. The van der Waals surface area contributed by atoms with Gasteiger partial charge in [0.2, 0.25) is 4.96 Å². The molecule has 0 radical (unpaired) electrons. The van der Waals surface area contributed by atoms with E-state index >= 15 is 0 Å². The number of nitrogens with zero attached hydrogens (tertiary/aromatic N) is 3. The van der Waals surface area contributed by atoms with Gasteiger partial charge in [-0.25, -0.2) is 4.52 Å². The summed E-state index contributed by atoms with van der Waals surface area (Å²) in [5.41, 5.74) is 7.63. The molecule has 0 unspecified atom stereocenters. The van der Waals surface area contributed by atoms with E-state index in [2.05, 4.69) is 47.4 Å².